The Kier molecular flexibility index (Phi) is 6.27. The summed E-state index contributed by atoms with van der Waals surface area (Å²) < 4.78 is 4.57. The zero-order valence-electron chi connectivity index (χ0n) is 11.7. The Labute approximate surface area is 118 Å². The average Bonchev–Trinajstić information content (AvgIpc) is 2.50. The number of esters is 1. The minimum absolute atomic E-state index is 0.0550. The van der Waals surface area contributed by atoms with Crippen molar-refractivity contribution in [3.05, 3.63) is 35.4 Å². The fraction of sp³-hybridized carbons (Fsp3) is 0.333. The predicted molar refractivity (Wildman–Crippen MR) is 76.0 cm³/mol. The van der Waals surface area contributed by atoms with Crippen molar-refractivity contribution < 1.29 is 14.3 Å². The molecule has 1 rings (SSSR count). The van der Waals surface area contributed by atoms with Crippen molar-refractivity contribution >= 4 is 11.9 Å². The van der Waals surface area contributed by atoms with E-state index < -0.39 is 5.97 Å². The van der Waals surface area contributed by atoms with Crippen molar-refractivity contribution in [2.24, 2.45) is 5.73 Å². The third-order valence-corrected chi connectivity index (χ3v) is 2.68. The monoisotopic (exact) mass is 274 g/mol. The molecule has 1 amide bonds. The van der Waals surface area contributed by atoms with Gasteiger partial charge in [-0.25, -0.2) is 0 Å². The summed E-state index contributed by atoms with van der Waals surface area (Å²) in [6.45, 7) is 2.48. The van der Waals surface area contributed by atoms with Crippen LogP contribution < -0.4 is 5.73 Å². The number of hydrogen-bond acceptors (Lipinski definition) is 4. The fourth-order valence-corrected chi connectivity index (χ4v) is 1.58. The molecule has 0 heterocycles. The summed E-state index contributed by atoms with van der Waals surface area (Å²) in [5.74, 6) is 4.97. The molecule has 0 bridgehead atoms. The van der Waals surface area contributed by atoms with Crippen LogP contribution in [0.2, 0.25) is 0 Å². The number of ether oxygens (including phenoxy) is 1. The maximum Gasteiger partial charge on any atom is 0.325 e. The van der Waals surface area contributed by atoms with Crippen molar-refractivity contribution in [1.82, 2.24) is 4.90 Å². The third-order valence-electron chi connectivity index (χ3n) is 2.68. The summed E-state index contributed by atoms with van der Waals surface area (Å²) in [5, 5.41) is 0. The van der Waals surface area contributed by atoms with Crippen LogP contribution in [0.1, 0.15) is 22.8 Å². The van der Waals surface area contributed by atoms with E-state index >= 15 is 0 Å². The summed E-state index contributed by atoms with van der Waals surface area (Å²) in [4.78, 5) is 24.9. The Morgan fingerprint density at radius 2 is 1.95 bits per heavy atom. The van der Waals surface area contributed by atoms with Crippen LogP contribution in [0.5, 0.6) is 0 Å². The molecule has 0 fully saturated rings. The second kappa shape index (κ2) is 7.97. The van der Waals surface area contributed by atoms with Gasteiger partial charge in [-0.2, -0.15) is 0 Å². The number of nitrogens with two attached hydrogens (primary N) is 1. The smallest absolute Gasteiger partial charge is 0.325 e. The number of carbonyl (C=O) groups excluding carboxylic acids is 2. The number of likely N-dealkylation sites (N-methyl/N-ethyl adjacent to an activating group) is 1. The summed E-state index contributed by atoms with van der Waals surface area (Å²) in [6.07, 6.45) is 0. The largest absolute Gasteiger partial charge is 0.468 e. The highest BCUT2D eigenvalue weighted by atomic mass is 16.5. The molecule has 1 aromatic carbocycles. The van der Waals surface area contributed by atoms with Crippen LogP contribution in [0.4, 0.5) is 0 Å². The van der Waals surface area contributed by atoms with Gasteiger partial charge in [0.1, 0.15) is 6.54 Å². The average molecular weight is 274 g/mol. The van der Waals surface area contributed by atoms with Gasteiger partial charge in [0.15, 0.2) is 0 Å². The lowest BCUT2D eigenvalue weighted by molar-refractivity contribution is -0.141. The Morgan fingerprint density at radius 1 is 1.30 bits per heavy atom. The molecule has 0 unspecified atom stereocenters. The first-order chi connectivity index (χ1) is 9.62. The molecule has 5 heteroatoms. The first-order valence-corrected chi connectivity index (χ1v) is 6.27. The minimum atomic E-state index is -0.439. The molecule has 0 aliphatic heterocycles. The molecular formula is C15H18N2O3. The number of nitrogens with zero attached hydrogens (tertiary/aromatic N) is 1. The van der Waals surface area contributed by atoms with Crippen LogP contribution in [0.15, 0.2) is 24.3 Å². The first kappa shape index (κ1) is 15.7. The lowest BCUT2D eigenvalue weighted by Crippen LogP contribution is -2.36. The topological polar surface area (TPSA) is 72.6 Å². The standard InChI is InChI=1S/C15H18N2O3/c1-3-17(11-14(18)20-2)15(19)13-8-6-12(7-9-13)5-4-10-16/h6-9H,3,10-11,16H2,1-2H3. The molecule has 20 heavy (non-hydrogen) atoms. The van der Waals surface area contributed by atoms with E-state index in [0.717, 1.165) is 5.56 Å². The summed E-state index contributed by atoms with van der Waals surface area (Å²) in [7, 11) is 1.30. The summed E-state index contributed by atoms with van der Waals surface area (Å²) in [5.41, 5.74) is 6.60. The highest BCUT2D eigenvalue weighted by Gasteiger charge is 2.17. The van der Waals surface area contributed by atoms with E-state index in [1.54, 1.807) is 24.3 Å². The molecule has 0 aliphatic carbocycles. The lowest BCUT2D eigenvalue weighted by atomic mass is 10.1. The van der Waals surface area contributed by atoms with Gasteiger partial charge in [0.05, 0.1) is 13.7 Å². The summed E-state index contributed by atoms with van der Waals surface area (Å²) in [6, 6.07) is 6.87. The molecule has 0 spiro atoms. The second-order valence-electron chi connectivity index (χ2n) is 3.98. The van der Waals surface area contributed by atoms with Crippen molar-refractivity contribution in [1.29, 1.82) is 0 Å². The van der Waals surface area contributed by atoms with Gasteiger partial charge < -0.3 is 15.4 Å². The van der Waals surface area contributed by atoms with E-state index in [1.165, 1.54) is 12.0 Å². The Morgan fingerprint density at radius 3 is 2.45 bits per heavy atom. The maximum absolute atomic E-state index is 12.2. The third kappa shape index (κ3) is 4.41. The van der Waals surface area contributed by atoms with E-state index in [2.05, 4.69) is 16.6 Å². The van der Waals surface area contributed by atoms with Gasteiger partial charge in [0.25, 0.3) is 5.91 Å². The SMILES string of the molecule is CCN(CC(=O)OC)C(=O)c1ccc(C#CCN)cc1. The van der Waals surface area contributed by atoms with Crippen molar-refractivity contribution in [2.45, 2.75) is 6.92 Å². The number of hydrogen-bond donors (Lipinski definition) is 1. The lowest BCUT2D eigenvalue weighted by Gasteiger charge is -2.19. The Bertz CT molecular complexity index is 526. The van der Waals surface area contributed by atoms with Gasteiger partial charge in [-0.15, -0.1) is 0 Å². The van der Waals surface area contributed by atoms with Gasteiger partial charge in [-0.1, -0.05) is 11.8 Å². The minimum Gasteiger partial charge on any atom is -0.468 e. The van der Waals surface area contributed by atoms with Gasteiger partial charge in [0, 0.05) is 17.7 Å². The van der Waals surface area contributed by atoms with E-state index in [-0.39, 0.29) is 12.5 Å². The van der Waals surface area contributed by atoms with Gasteiger partial charge in [-0.3, -0.25) is 9.59 Å². The van der Waals surface area contributed by atoms with E-state index in [9.17, 15) is 9.59 Å². The highest BCUT2D eigenvalue weighted by Crippen LogP contribution is 2.07. The molecule has 0 atom stereocenters. The second-order valence-corrected chi connectivity index (χ2v) is 3.98. The molecule has 0 radical (unpaired) electrons. The number of benzene rings is 1. The van der Waals surface area contributed by atoms with Crippen LogP contribution in [0.3, 0.4) is 0 Å². The quantitative estimate of drug-likeness (QED) is 0.645. The molecule has 1 aromatic rings. The molecule has 106 valence electrons. The molecule has 0 saturated heterocycles. The highest BCUT2D eigenvalue weighted by molar-refractivity contribution is 5.96. The van der Waals surface area contributed by atoms with Gasteiger partial charge in [-0.05, 0) is 31.2 Å². The molecule has 0 aliphatic rings. The normalized spacial score (nSPS) is 9.35. The van der Waals surface area contributed by atoms with E-state index in [1.807, 2.05) is 6.92 Å². The summed E-state index contributed by atoms with van der Waals surface area (Å²) >= 11 is 0. The van der Waals surface area contributed by atoms with Crippen LogP contribution in [0.25, 0.3) is 0 Å². The predicted octanol–water partition coefficient (Wildman–Crippen LogP) is 0.632. The number of rotatable bonds is 4. The van der Waals surface area contributed by atoms with Crippen LogP contribution in [0, 0.1) is 11.8 Å². The molecule has 5 nitrogen and oxygen atoms in total. The molecular weight excluding hydrogens is 256 g/mol. The van der Waals surface area contributed by atoms with E-state index in [0.29, 0.717) is 18.7 Å². The fourth-order valence-electron chi connectivity index (χ4n) is 1.58. The number of amides is 1. The number of carbonyl (C=O) groups is 2. The Hall–Kier alpha value is -2.32. The van der Waals surface area contributed by atoms with Crippen molar-refractivity contribution in [3.63, 3.8) is 0 Å². The molecule has 0 aromatic heterocycles. The zero-order chi connectivity index (χ0) is 15.0. The van der Waals surface area contributed by atoms with Crippen molar-refractivity contribution in [2.75, 3.05) is 26.7 Å². The Balaban J connectivity index is 2.82. The van der Waals surface area contributed by atoms with E-state index in [4.69, 9.17) is 5.73 Å². The molecule has 2 N–H and O–H groups in total. The van der Waals surface area contributed by atoms with Crippen LogP contribution in [-0.4, -0.2) is 43.5 Å². The molecule has 0 saturated carbocycles. The first-order valence-electron chi connectivity index (χ1n) is 6.27. The zero-order valence-corrected chi connectivity index (χ0v) is 11.7. The number of methoxy groups -OCH3 is 1. The maximum atomic E-state index is 12.2. The van der Waals surface area contributed by atoms with Gasteiger partial charge in [0.2, 0.25) is 0 Å². The van der Waals surface area contributed by atoms with Crippen LogP contribution in [-0.2, 0) is 9.53 Å². The van der Waals surface area contributed by atoms with Crippen molar-refractivity contribution in [3.8, 4) is 11.8 Å². The van der Waals surface area contributed by atoms with Crippen LogP contribution >= 0.6 is 0 Å². The van der Waals surface area contributed by atoms with Gasteiger partial charge >= 0.3 is 5.97 Å².